The topological polar surface area (TPSA) is 43.7 Å². The molecule has 0 aromatic heterocycles. The van der Waals surface area contributed by atoms with E-state index in [1.165, 1.54) is 0 Å². The summed E-state index contributed by atoms with van der Waals surface area (Å²) in [5, 5.41) is 20.6. The van der Waals surface area contributed by atoms with E-state index >= 15 is 0 Å². The summed E-state index contributed by atoms with van der Waals surface area (Å²) in [7, 11) is 0. The smallest absolute Gasteiger partial charge is 0.0917 e. The molecule has 1 unspecified atom stereocenters. The lowest BCUT2D eigenvalue weighted by atomic mass is 10.1. The predicted molar refractivity (Wildman–Crippen MR) is 74.8 cm³/mol. The molecule has 1 atom stereocenters. The molecule has 0 fully saturated rings. The molecule has 3 nitrogen and oxygen atoms in total. The highest BCUT2D eigenvalue weighted by atomic mass is 35.5. The monoisotopic (exact) mass is 271 g/mol. The van der Waals surface area contributed by atoms with Crippen molar-refractivity contribution >= 4 is 11.6 Å². The van der Waals surface area contributed by atoms with Crippen molar-refractivity contribution < 1.29 is 10.2 Å². The Balaban J connectivity index is 2.65. The van der Waals surface area contributed by atoms with Gasteiger partial charge in [-0.15, -0.1) is 0 Å². The molecule has 0 aliphatic rings. The molecule has 1 aromatic carbocycles. The predicted octanol–water partition coefficient (Wildman–Crippen LogP) is 2.47. The van der Waals surface area contributed by atoms with Gasteiger partial charge in [0.2, 0.25) is 0 Å². The Morgan fingerprint density at radius 3 is 2.56 bits per heavy atom. The fourth-order valence-electron chi connectivity index (χ4n) is 1.92. The van der Waals surface area contributed by atoms with Crippen LogP contribution in [0.3, 0.4) is 0 Å². The number of nitrogens with zero attached hydrogens (tertiary/aromatic N) is 1. The van der Waals surface area contributed by atoms with Crippen LogP contribution < -0.4 is 0 Å². The summed E-state index contributed by atoms with van der Waals surface area (Å²) < 4.78 is 0. The summed E-state index contributed by atoms with van der Waals surface area (Å²) >= 11 is 5.90. The van der Waals surface area contributed by atoms with Crippen molar-refractivity contribution in [1.29, 1.82) is 0 Å². The average molecular weight is 272 g/mol. The van der Waals surface area contributed by atoms with Gasteiger partial charge < -0.3 is 10.2 Å². The number of aliphatic hydroxyl groups excluding tert-OH is 1. The van der Waals surface area contributed by atoms with Gasteiger partial charge in [0.25, 0.3) is 0 Å². The first kappa shape index (κ1) is 15.4. The molecule has 0 amide bonds. The van der Waals surface area contributed by atoms with Gasteiger partial charge in [-0.1, -0.05) is 30.7 Å². The van der Waals surface area contributed by atoms with E-state index in [0.29, 0.717) is 18.1 Å². The van der Waals surface area contributed by atoms with Crippen LogP contribution in [0.15, 0.2) is 24.3 Å². The van der Waals surface area contributed by atoms with E-state index in [0.717, 1.165) is 12.1 Å². The number of hydrogen-bond acceptors (Lipinski definition) is 3. The first-order valence-corrected chi connectivity index (χ1v) is 6.58. The van der Waals surface area contributed by atoms with E-state index in [1.807, 2.05) is 24.0 Å². The molecule has 0 aliphatic carbocycles. The maximum atomic E-state index is 10.2. The van der Waals surface area contributed by atoms with E-state index in [1.54, 1.807) is 26.0 Å². The molecule has 1 aromatic rings. The number of likely N-dealkylation sites (N-methyl/N-ethyl adjacent to an activating group) is 1. The highest BCUT2D eigenvalue weighted by Crippen LogP contribution is 2.19. The maximum Gasteiger partial charge on any atom is 0.0917 e. The lowest BCUT2D eigenvalue weighted by molar-refractivity contribution is 0.0203. The number of hydrogen-bond donors (Lipinski definition) is 2. The molecule has 0 saturated heterocycles. The summed E-state index contributed by atoms with van der Waals surface area (Å²) in [4.78, 5) is 2.02. The van der Waals surface area contributed by atoms with Gasteiger partial charge in [-0.3, -0.25) is 4.90 Å². The standard InChI is InChI=1S/C14H22ClNO2/c1-4-16(10-14(2,3)18)9-13(17)11-6-5-7-12(15)8-11/h5-8,13,17-18H,4,9-10H2,1-3H3. The normalized spacial score (nSPS) is 13.9. The first-order valence-electron chi connectivity index (χ1n) is 6.20. The number of rotatable bonds is 6. The minimum Gasteiger partial charge on any atom is -0.389 e. The van der Waals surface area contributed by atoms with E-state index < -0.39 is 11.7 Å². The van der Waals surface area contributed by atoms with Crippen LogP contribution in [0.2, 0.25) is 5.02 Å². The quantitative estimate of drug-likeness (QED) is 0.835. The van der Waals surface area contributed by atoms with Crippen LogP contribution in [0.4, 0.5) is 0 Å². The van der Waals surface area contributed by atoms with Crippen LogP contribution in [0.1, 0.15) is 32.4 Å². The molecule has 2 N–H and O–H groups in total. The fraction of sp³-hybridized carbons (Fsp3) is 0.571. The molecule has 4 heteroatoms. The van der Waals surface area contributed by atoms with E-state index in [-0.39, 0.29) is 0 Å². The first-order chi connectivity index (χ1) is 8.31. The van der Waals surface area contributed by atoms with Crippen molar-refractivity contribution in [2.45, 2.75) is 32.5 Å². The van der Waals surface area contributed by atoms with E-state index in [2.05, 4.69) is 0 Å². The van der Waals surface area contributed by atoms with Crippen LogP contribution in [0.25, 0.3) is 0 Å². The second-order valence-corrected chi connectivity index (χ2v) is 5.65. The Morgan fingerprint density at radius 1 is 1.39 bits per heavy atom. The zero-order valence-corrected chi connectivity index (χ0v) is 12.0. The average Bonchev–Trinajstić information content (AvgIpc) is 2.26. The molecule has 0 bridgehead atoms. The third-order valence-electron chi connectivity index (χ3n) is 2.72. The number of benzene rings is 1. The third kappa shape index (κ3) is 5.36. The summed E-state index contributed by atoms with van der Waals surface area (Å²) in [6.45, 7) is 7.34. The van der Waals surface area contributed by atoms with Crippen molar-refractivity contribution in [3.05, 3.63) is 34.9 Å². The summed E-state index contributed by atoms with van der Waals surface area (Å²) in [5.41, 5.74) is 0.0426. The van der Waals surface area contributed by atoms with Gasteiger partial charge in [0.05, 0.1) is 11.7 Å². The lowest BCUT2D eigenvalue weighted by Gasteiger charge is -2.29. The van der Waals surface area contributed by atoms with Crippen LogP contribution in [0, 0.1) is 0 Å². The van der Waals surface area contributed by atoms with Crippen LogP contribution in [-0.2, 0) is 0 Å². The molecule has 0 aliphatic heterocycles. The minimum absolute atomic E-state index is 0.487. The summed E-state index contributed by atoms with van der Waals surface area (Å²) in [6, 6.07) is 7.23. The second-order valence-electron chi connectivity index (χ2n) is 5.21. The van der Waals surface area contributed by atoms with Crippen LogP contribution in [-0.4, -0.2) is 40.3 Å². The van der Waals surface area contributed by atoms with E-state index in [9.17, 15) is 10.2 Å². The SMILES string of the molecule is CCN(CC(O)c1cccc(Cl)c1)CC(C)(C)O. The van der Waals surface area contributed by atoms with Gasteiger partial charge in [-0.25, -0.2) is 0 Å². The number of halogens is 1. The molecule has 1 rings (SSSR count). The minimum atomic E-state index is -0.760. The Morgan fingerprint density at radius 2 is 2.06 bits per heavy atom. The van der Waals surface area contributed by atoms with Gasteiger partial charge in [-0.05, 0) is 38.1 Å². The van der Waals surface area contributed by atoms with Crippen LogP contribution in [0.5, 0.6) is 0 Å². The second kappa shape index (κ2) is 6.53. The molecule has 0 spiro atoms. The molecule has 0 radical (unpaired) electrons. The van der Waals surface area contributed by atoms with Crippen molar-refractivity contribution in [1.82, 2.24) is 4.90 Å². The molecule has 0 heterocycles. The Kier molecular flexibility index (Phi) is 5.60. The molecule has 102 valence electrons. The van der Waals surface area contributed by atoms with Gasteiger partial charge in [0, 0.05) is 18.1 Å². The molecular weight excluding hydrogens is 250 g/mol. The molecular formula is C14H22ClNO2. The largest absolute Gasteiger partial charge is 0.389 e. The summed E-state index contributed by atoms with van der Waals surface area (Å²) in [6.07, 6.45) is -0.592. The zero-order chi connectivity index (χ0) is 13.8. The van der Waals surface area contributed by atoms with Crippen LogP contribution >= 0.6 is 11.6 Å². The highest BCUT2D eigenvalue weighted by molar-refractivity contribution is 6.30. The lowest BCUT2D eigenvalue weighted by Crippen LogP contribution is -2.40. The van der Waals surface area contributed by atoms with Crippen molar-refractivity contribution in [3.63, 3.8) is 0 Å². The van der Waals surface area contributed by atoms with Crippen molar-refractivity contribution in [2.75, 3.05) is 19.6 Å². The van der Waals surface area contributed by atoms with Crippen molar-refractivity contribution in [2.24, 2.45) is 0 Å². The molecule has 0 saturated carbocycles. The zero-order valence-electron chi connectivity index (χ0n) is 11.2. The Bertz CT molecular complexity index is 376. The van der Waals surface area contributed by atoms with Crippen molar-refractivity contribution in [3.8, 4) is 0 Å². The third-order valence-corrected chi connectivity index (χ3v) is 2.96. The molecule has 18 heavy (non-hydrogen) atoms. The van der Waals surface area contributed by atoms with Gasteiger partial charge in [0.15, 0.2) is 0 Å². The maximum absolute atomic E-state index is 10.2. The Labute approximate surface area is 114 Å². The van der Waals surface area contributed by atoms with Gasteiger partial charge in [-0.2, -0.15) is 0 Å². The Hall–Kier alpha value is -0.610. The highest BCUT2D eigenvalue weighted by Gasteiger charge is 2.20. The van der Waals surface area contributed by atoms with E-state index in [4.69, 9.17) is 11.6 Å². The van der Waals surface area contributed by atoms with Gasteiger partial charge >= 0.3 is 0 Å². The van der Waals surface area contributed by atoms with Gasteiger partial charge in [0.1, 0.15) is 0 Å². The fourth-order valence-corrected chi connectivity index (χ4v) is 2.12. The summed E-state index contributed by atoms with van der Waals surface area (Å²) in [5.74, 6) is 0. The number of aliphatic hydroxyl groups is 2.